The molecule has 5 nitrogen and oxygen atoms in total. The van der Waals surface area contributed by atoms with Crippen molar-refractivity contribution in [3.63, 3.8) is 0 Å². The Morgan fingerprint density at radius 1 is 1.23 bits per heavy atom. The van der Waals surface area contributed by atoms with Crippen molar-refractivity contribution in [3.05, 3.63) is 39.9 Å². The maximum Gasteiger partial charge on any atom is 0.172 e. The van der Waals surface area contributed by atoms with Crippen LogP contribution in [0, 0.1) is 5.92 Å². The van der Waals surface area contributed by atoms with Gasteiger partial charge in [0, 0.05) is 41.8 Å². The van der Waals surface area contributed by atoms with Crippen LogP contribution in [0.4, 0.5) is 17.3 Å². The molecule has 1 fully saturated rings. The second-order valence-corrected chi connectivity index (χ2v) is 8.15. The van der Waals surface area contributed by atoms with E-state index in [1.807, 2.05) is 18.2 Å². The van der Waals surface area contributed by atoms with E-state index >= 15 is 0 Å². The smallest absolute Gasteiger partial charge is 0.172 e. The lowest BCUT2D eigenvalue weighted by molar-refractivity contribution is 0.602. The molecule has 1 aromatic carbocycles. The molecule has 0 radical (unpaired) electrons. The summed E-state index contributed by atoms with van der Waals surface area (Å²) in [6.45, 7) is 4.70. The molecule has 2 aromatic rings. The highest BCUT2D eigenvalue weighted by Gasteiger charge is 2.24. The number of hydrogen-bond donors (Lipinski definition) is 2. The van der Waals surface area contributed by atoms with Gasteiger partial charge in [-0.05, 0) is 48.9 Å². The Kier molecular flexibility index (Phi) is 5.09. The van der Waals surface area contributed by atoms with Gasteiger partial charge >= 0.3 is 0 Å². The average molecular weight is 392 g/mol. The summed E-state index contributed by atoms with van der Waals surface area (Å²) in [6.07, 6.45) is 3.66. The Balaban J connectivity index is 1.56. The van der Waals surface area contributed by atoms with Gasteiger partial charge in [0.2, 0.25) is 0 Å². The highest BCUT2D eigenvalue weighted by Crippen LogP contribution is 2.33. The zero-order chi connectivity index (χ0) is 18.1. The number of hydrogen-bond acceptors (Lipinski definition) is 5. The van der Waals surface area contributed by atoms with E-state index in [-0.39, 0.29) is 0 Å². The maximum atomic E-state index is 6.36. The molecular weight excluding hydrogens is 369 g/mol. The van der Waals surface area contributed by atoms with Crippen molar-refractivity contribution in [3.8, 4) is 0 Å². The number of rotatable bonds is 4. The van der Waals surface area contributed by atoms with Crippen LogP contribution in [-0.4, -0.2) is 29.3 Å². The van der Waals surface area contributed by atoms with Crippen LogP contribution in [-0.2, 0) is 6.54 Å². The second-order valence-electron chi connectivity index (χ2n) is 7.31. The quantitative estimate of drug-likeness (QED) is 0.782. The van der Waals surface area contributed by atoms with E-state index < -0.39 is 0 Å². The average Bonchev–Trinajstić information content (AvgIpc) is 3.03. The minimum absolute atomic E-state index is 0.490. The predicted octanol–water partition coefficient (Wildman–Crippen LogP) is 4.82. The first-order valence-corrected chi connectivity index (χ1v) is 9.91. The molecular formula is C19H23Cl2N5. The van der Waals surface area contributed by atoms with Crippen molar-refractivity contribution >= 4 is 40.5 Å². The molecule has 26 heavy (non-hydrogen) atoms. The lowest BCUT2D eigenvalue weighted by atomic mass is 10.1. The normalized spacial score (nSPS) is 22.0. The van der Waals surface area contributed by atoms with E-state index in [9.17, 15) is 0 Å². The standard InChI is InChI=1S/C19H23Cl2N5/c1-12-2-4-15(8-12)23-18-10-17-19(25-24-18)22-6-7-26(17)11-13-9-14(20)3-5-16(13)21/h3,5,9-10,12,15H,2,4,6-8,11H2,1H3,(H,22,25)(H,23,24). The minimum Gasteiger partial charge on any atom is -0.366 e. The van der Waals surface area contributed by atoms with Crippen molar-refractivity contribution in [1.29, 1.82) is 0 Å². The predicted molar refractivity (Wildman–Crippen MR) is 108 cm³/mol. The van der Waals surface area contributed by atoms with Crippen molar-refractivity contribution in [2.45, 2.75) is 38.8 Å². The molecule has 1 saturated carbocycles. The molecule has 2 N–H and O–H groups in total. The van der Waals surface area contributed by atoms with E-state index in [2.05, 4.69) is 38.7 Å². The van der Waals surface area contributed by atoms with Gasteiger partial charge in [0.1, 0.15) is 0 Å². The fourth-order valence-corrected chi connectivity index (χ4v) is 4.20. The van der Waals surface area contributed by atoms with Crippen LogP contribution >= 0.6 is 23.2 Å². The van der Waals surface area contributed by atoms with Gasteiger partial charge in [0.25, 0.3) is 0 Å². The molecule has 4 rings (SSSR count). The van der Waals surface area contributed by atoms with Crippen LogP contribution in [0.15, 0.2) is 24.3 Å². The fraction of sp³-hybridized carbons (Fsp3) is 0.474. The van der Waals surface area contributed by atoms with Crippen molar-refractivity contribution < 1.29 is 0 Å². The SMILES string of the molecule is CC1CCC(Nc2cc3c(nn2)NCCN3Cc2cc(Cl)ccc2Cl)C1. The summed E-state index contributed by atoms with van der Waals surface area (Å²) in [5.41, 5.74) is 2.07. The van der Waals surface area contributed by atoms with Gasteiger partial charge in [-0.15, -0.1) is 10.2 Å². The molecule has 2 unspecified atom stereocenters. The van der Waals surface area contributed by atoms with Gasteiger partial charge in [-0.1, -0.05) is 30.1 Å². The second kappa shape index (κ2) is 7.49. The van der Waals surface area contributed by atoms with Crippen LogP contribution < -0.4 is 15.5 Å². The Morgan fingerprint density at radius 2 is 2.12 bits per heavy atom. The molecule has 7 heteroatoms. The zero-order valence-corrected chi connectivity index (χ0v) is 16.3. The Bertz CT molecular complexity index is 797. The van der Waals surface area contributed by atoms with Gasteiger partial charge in [-0.25, -0.2) is 0 Å². The number of halogens is 2. The molecule has 1 aromatic heterocycles. The van der Waals surface area contributed by atoms with Gasteiger partial charge < -0.3 is 15.5 Å². The summed E-state index contributed by atoms with van der Waals surface area (Å²) in [7, 11) is 0. The largest absolute Gasteiger partial charge is 0.366 e. The summed E-state index contributed by atoms with van der Waals surface area (Å²) in [6, 6.07) is 8.18. The topological polar surface area (TPSA) is 53.1 Å². The van der Waals surface area contributed by atoms with Crippen LogP contribution in [0.5, 0.6) is 0 Å². The summed E-state index contributed by atoms with van der Waals surface area (Å²) < 4.78 is 0. The third kappa shape index (κ3) is 3.84. The zero-order valence-electron chi connectivity index (χ0n) is 14.8. The van der Waals surface area contributed by atoms with E-state index in [0.29, 0.717) is 17.6 Å². The summed E-state index contributed by atoms with van der Waals surface area (Å²) in [4.78, 5) is 2.28. The number of nitrogens with zero attached hydrogens (tertiary/aromatic N) is 3. The van der Waals surface area contributed by atoms with Gasteiger partial charge in [-0.2, -0.15) is 0 Å². The first-order valence-electron chi connectivity index (χ1n) is 9.15. The summed E-state index contributed by atoms with van der Waals surface area (Å²) >= 11 is 12.5. The molecule has 0 bridgehead atoms. The Hall–Kier alpha value is -1.72. The van der Waals surface area contributed by atoms with Gasteiger partial charge in [-0.3, -0.25) is 0 Å². The van der Waals surface area contributed by atoms with E-state index in [4.69, 9.17) is 23.2 Å². The first kappa shape index (κ1) is 17.7. The molecule has 0 spiro atoms. The first-order chi connectivity index (χ1) is 12.6. The molecule has 2 aliphatic rings. The van der Waals surface area contributed by atoms with Crippen LogP contribution in [0.1, 0.15) is 31.7 Å². The van der Waals surface area contributed by atoms with Gasteiger partial charge in [0.05, 0.1) is 5.69 Å². The van der Waals surface area contributed by atoms with Crippen molar-refractivity contribution in [1.82, 2.24) is 10.2 Å². The number of fused-ring (bicyclic) bond motifs is 1. The Labute approximate surface area is 164 Å². The van der Waals surface area contributed by atoms with Crippen molar-refractivity contribution in [2.75, 3.05) is 28.6 Å². The number of nitrogens with one attached hydrogen (secondary N) is 2. The van der Waals surface area contributed by atoms with E-state index in [1.54, 1.807) is 0 Å². The van der Waals surface area contributed by atoms with Crippen LogP contribution in [0.3, 0.4) is 0 Å². The van der Waals surface area contributed by atoms with Gasteiger partial charge in [0.15, 0.2) is 11.6 Å². The molecule has 2 atom stereocenters. The molecule has 1 aliphatic heterocycles. The molecule has 138 valence electrons. The highest BCUT2D eigenvalue weighted by molar-refractivity contribution is 6.33. The molecule has 2 heterocycles. The lowest BCUT2D eigenvalue weighted by Crippen LogP contribution is -2.34. The van der Waals surface area contributed by atoms with Crippen LogP contribution in [0.2, 0.25) is 10.0 Å². The van der Waals surface area contributed by atoms with Crippen molar-refractivity contribution in [2.24, 2.45) is 5.92 Å². The molecule has 0 saturated heterocycles. The Morgan fingerprint density at radius 3 is 2.92 bits per heavy atom. The third-order valence-electron chi connectivity index (χ3n) is 5.20. The minimum atomic E-state index is 0.490. The summed E-state index contributed by atoms with van der Waals surface area (Å²) in [5, 5.41) is 17.1. The number of benzene rings is 1. The maximum absolute atomic E-state index is 6.36. The summed E-state index contributed by atoms with van der Waals surface area (Å²) in [5.74, 6) is 2.44. The molecule has 1 aliphatic carbocycles. The monoisotopic (exact) mass is 391 g/mol. The lowest BCUT2D eigenvalue weighted by Gasteiger charge is -2.31. The fourth-order valence-electron chi connectivity index (χ4n) is 3.83. The van der Waals surface area contributed by atoms with E-state index in [1.165, 1.54) is 19.3 Å². The highest BCUT2D eigenvalue weighted by atomic mass is 35.5. The molecule has 0 amide bonds. The number of aromatic nitrogens is 2. The van der Waals surface area contributed by atoms with E-state index in [0.717, 1.165) is 46.9 Å². The number of anilines is 3. The van der Waals surface area contributed by atoms with Crippen LogP contribution in [0.25, 0.3) is 0 Å². The third-order valence-corrected chi connectivity index (χ3v) is 5.81.